The Morgan fingerprint density at radius 2 is 2.22 bits per heavy atom. The van der Waals surface area contributed by atoms with Gasteiger partial charge in [0.15, 0.2) is 0 Å². The van der Waals surface area contributed by atoms with Crippen LogP contribution in [-0.2, 0) is 11.3 Å². The van der Waals surface area contributed by atoms with E-state index in [1.54, 1.807) is 13.2 Å². The van der Waals surface area contributed by atoms with Gasteiger partial charge in [-0.2, -0.15) is 0 Å². The van der Waals surface area contributed by atoms with Gasteiger partial charge < -0.3 is 10.5 Å². The molecule has 0 aliphatic carbocycles. The average molecular weight is 270 g/mol. The number of thiocarbonyl (C=S) groups is 1. The Bertz CT molecular complexity index is 412. The third kappa shape index (κ3) is 4.33. The highest BCUT2D eigenvalue weighted by Gasteiger charge is 2.10. The van der Waals surface area contributed by atoms with E-state index in [0.29, 0.717) is 18.7 Å². The predicted molar refractivity (Wildman–Crippen MR) is 75.1 cm³/mol. The zero-order valence-electron chi connectivity index (χ0n) is 10.8. The molecule has 5 heteroatoms. The molecular formula is C13H19FN2OS. The number of ether oxygens (including phenoxy) is 1. The normalized spacial score (nSPS) is 10.9. The summed E-state index contributed by atoms with van der Waals surface area (Å²) in [5.41, 5.74) is 7.18. The number of rotatable bonds is 7. The van der Waals surface area contributed by atoms with Crippen LogP contribution in [0, 0.1) is 5.82 Å². The third-order valence-electron chi connectivity index (χ3n) is 2.79. The highest BCUT2D eigenvalue weighted by Crippen LogP contribution is 2.14. The smallest absolute Gasteiger partial charge is 0.123 e. The number of nitrogens with zero attached hydrogens (tertiary/aromatic N) is 1. The van der Waals surface area contributed by atoms with E-state index in [2.05, 4.69) is 11.8 Å². The molecule has 0 atom stereocenters. The highest BCUT2D eigenvalue weighted by molar-refractivity contribution is 7.80. The molecule has 0 radical (unpaired) electrons. The number of halogens is 1. The van der Waals surface area contributed by atoms with Gasteiger partial charge in [0.05, 0.1) is 6.61 Å². The van der Waals surface area contributed by atoms with Gasteiger partial charge in [0.2, 0.25) is 0 Å². The van der Waals surface area contributed by atoms with Crippen molar-refractivity contribution >= 4 is 17.2 Å². The second-order valence-corrected chi connectivity index (χ2v) is 4.47. The van der Waals surface area contributed by atoms with Crippen molar-refractivity contribution in [2.45, 2.75) is 13.5 Å². The molecule has 0 aliphatic rings. The van der Waals surface area contributed by atoms with Crippen LogP contribution in [0.1, 0.15) is 18.1 Å². The number of hydrogen-bond donors (Lipinski definition) is 1. The first-order valence-electron chi connectivity index (χ1n) is 5.88. The molecule has 1 aromatic rings. The van der Waals surface area contributed by atoms with E-state index in [1.807, 2.05) is 0 Å². The Balaban J connectivity index is 2.84. The van der Waals surface area contributed by atoms with Gasteiger partial charge in [-0.3, -0.25) is 4.90 Å². The lowest BCUT2D eigenvalue weighted by atomic mass is 10.1. The molecule has 0 unspecified atom stereocenters. The summed E-state index contributed by atoms with van der Waals surface area (Å²) >= 11 is 4.95. The summed E-state index contributed by atoms with van der Waals surface area (Å²) in [6.45, 7) is 5.13. The van der Waals surface area contributed by atoms with Crippen LogP contribution in [0.5, 0.6) is 0 Å². The molecule has 0 saturated heterocycles. The molecule has 18 heavy (non-hydrogen) atoms. The molecule has 0 heterocycles. The van der Waals surface area contributed by atoms with Crippen molar-refractivity contribution in [1.29, 1.82) is 0 Å². The molecular weight excluding hydrogens is 251 g/mol. The van der Waals surface area contributed by atoms with Crippen LogP contribution in [0.25, 0.3) is 0 Å². The third-order valence-corrected chi connectivity index (χ3v) is 3.01. The maximum Gasteiger partial charge on any atom is 0.123 e. The van der Waals surface area contributed by atoms with Gasteiger partial charge >= 0.3 is 0 Å². The lowest BCUT2D eigenvalue weighted by molar-refractivity contribution is 0.147. The van der Waals surface area contributed by atoms with Crippen molar-refractivity contribution in [2.75, 3.05) is 26.8 Å². The van der Waals surface area contributed by atoms with Crippen LogP contribution < -0.4 is 5.73 Å². The molecule has 1 rings (SSSR count). The maximum atomic E-state index is 13.2. The van der Waals surface area contributed by atoms with Gasteiger partial charge in [0.1, 0.15) is 10.8 Å². The van der Waals surface area contributed by atoms with Crippen LogP contribution in [0.3, 0.4) is 0 Å². The van der Waals surface area contributed by atoms with Crippen LogP contribution in [-0.4, -0.2) is 36.7 Å². The predicted octanol–water partition coefficient (Wildman–Crippen LogP) is 1.93. The minimum Gasteiger partial charge on any atom is -0.389 e. The first-order valence-corrected chi connectivity index (χ1v) is 6.28. The SMILES string of the molecule is CCN(CCOC)Cc1ccc(F)cc1C(N)=S. The maximum absolute atomic E-state index is 13.2. The van der Waals surface area contributed by atoms with Crippen molar-refractivity contribution in [1.82, 2.24) is 4.90 Å². The van der Waals surface area contributed by atoms with E-state index in [0.717, 1.165) is 18.7 Å². The van der Waals surface area contributed by atoms with Crippen LogP contribution in [0.2, 0.25) is 0 Å². The summed E-state index contributed by atoms with van der Waals surface area (Å²) in [5, 5.41) is 0. The Kier molecular flexibility index (Phi) is 6.18. The molecule has 0 amide bonds. The highest BCUT2D eigenvalue weighted by atomic mass is 32.1. The Labute approximate surface area is 113 Å². The summed E-state index contributed by atoms with van der Waals surface area (Å²) in [7, 11) is 1.67. The number of benzene rings is 1. The minimum atomic E-state index is -0.318. The van der Waals surface area contributed by atoms with Gasteiger partial charge in [-0.05, 0) is 24.2 Å². The second-order valence-electron chi connectivity index (χ2n) is 4.03. The van der Waals surface area contributed by atoms with Crippen molar-refractivity contribution in [3.05, 3.63) is 35.1 Å². The van der Waals surface area contributed by atoms with Crippen LogP contribution in [0.4, 0.5) is 4.39 Å². The molecule has 0 bridgehead atoms. The molecule has 0 saturated carbocycles. The topological polar surface area (TPSA) is 38.5 Å². The molecule has 0 aromatic heterocycles. The molecule has 0 spiro atoms. The Morgan fingerprint density at radius 3 is 2.78 bits per heavy atom. The van der Waals surface area contributed by atoms with Gasteiger partial charge in [-0.1, -0.05) is 25.2 Å². The number of methoxy groups -OCH3 is 1. The fourth-order valence-corrected chi connectivity index (χ4v) is 1.92. The summed E-state index contributed by atoms with van der Waals surface area (Å²) in [6.07, 6.45) is 0. The summed E-state index contributed by atoms with van der Waals surface area (Å²) < 4.78 is 18.2. The zero-order chi connectivity index (χ0) is 13.5. The molecule has 100 valence electrons. The van der Waals surface area contributed by atoms with Crippen molar-refractivity contribution in [2.24, 2.45) is 5.73 Å². The monoisotopic (exact) mass is 270 g/mol. The number of hydrogen-bond acceptors (Lipinski definition) is 3. The van der Waals surface area contributed by atoms with E-state index < -0.39 is 0 Å². The van der Waals surface area contributed by atoms with Gasteiger partial charge in [0, 0.05) is 25.8 Å². The van der Waals surface area contributed by atoms with E-state index in [4.69, 9.17) is 22.7 Å². The quantitative estimate of drug-likeness (QED) is 0.768. The Hall–Kier alpha value is -1.04. The lowest BCUT2D eigenvalue weighted by Crippen LogP contribution is -2.28. The number of likely N-dealkylation sites (N-methyl/N-ethyl adjacent to an activating group) is 1. The molecule has 0 fully saturated rings. The Morgan fingerprint density at radius 1 is 1.50 bits per heavy atom. The fourth-order valence-electron chi connectivity index (χ4n) is 1.73. The standard InChI is InChI=1S/C13H19FN2OS/c1-3-16(6-7-17-2)9-10-4-5-11(14)8-12(10)13(15)18/h4-5,8H,3,6-7,9H2,1-2H3,(H2,15,18). The lowest BCUT2D eigenvalue weighted by Gasteiger charge is -2.21. The number of nitrogens with two attached hydrogens (primary N) is 1. The molecule has 0 aliphatic heterocycles. The van der Waals surface area contributed by atoms with Crippen LogP contribution in [0.15, 0.2) is 18.2 Å². The van der Waals surface area contributed by atoms with E-state index in [9.17, 15) is 4.39 Å². The molecule has 3 nitrogen and oxygen atoms in total. The second kappa shape index (κ2) is 7.41. The van der Waals surface area contributed by atoms with Crippen molar-refractivity contribution < 1.29 is 9.13 Å². The minimum absolute atomic E-state index is 0.229. The van der Waals surface area contributed by atoms with Crippen LogP contribution >= 0.6 is 12.2 Å². The first-order chi connectivity index (χ1) is 8.58. The van der Waals surface area contributed by atoms with E-state index >= 15 is 0 Å². The van der Waals surface area contributed by atoms with Gasteiger partial charge in [-0.25, -0.2) is 4.39 Å². The summed E-state index contributed by atoms with van der Waals surface area (Å²) in [6, 6.07) is 4.56. The van der Waals surface area contributed by atoms with E-state index in [1.165, 1.54) is 12.1 Å². The van der Waals surface area contributed by atoms with Gasteiger partial charge in [0.25, 0.3) is 0 Å². The summed E-state index contributed by atoms with van der Waals surface area (Å²) in [4.78, 5) is 2.42. The largest absolute Gasteiger partial charge is 0.389 e. The average Bonchev–Trinajstić information content (AvgIpc) is 2.35. The van der Waals surface area contributed by atoms with E-state index in [-0.39, 0.29) is 10.8 Å². The first kappa shape index (κ1) is 15.0. The zero-order valence-corrected chi connectivity index (χ0v) is 11.6. The molecule has 1 aromatic carbocycles. The van der Waals surface area contributed by atoms with Crippen molar-refractivity contribution in [3.63, 3.8) is 0 Å². The van der Waals surface area contributed by atoms with Crippen molar-refractivity contribution in [3.8, 4) is 0 Å². The van der Waals surface area contributed by atoms with Gasteiger partial charge in [-0.15, -0.1) is 0 Å². The summed E-state index contributed by atoms with van der Waals surface area (Å²) in [5.74, 6) is -0.318. The fraction of sp³-hybridized carbons (Fsp3) is 0.462. The molecule has 2 N–H and O–H groups in total.